The second kappa shape index (κ2) is 7.14. The van der Waals surface area contributed by atoms with Crippen LogP contribution in [0.5, 0.6) is 0 Å². The molecular weight excluding hydrogens is 240 g/mol. The Kier molecular flexibility index (Phi) is 5.21. The molecule has 2 unspecified atom stereocenters. The largest absolute Gasteiger partial charge is 0.379 e. The van der Waals surface area contributed by atoms with Gasteiger partial charge in [-0.25, -0.2) is 4.79 Å². The van der Waals surface area contributed by atoms with Crippen molar-refractivity contribution in [2.45, 2.75) is 31.7 Å². The van der Waals surface area contributed by atoms with E-state index in [9.17, 15) is 4.79 Å². The number of nitrogens with one attached hydrogen (secondary N) is 2. The summed E-state index contributed by atoms with van der Waals surface area (Å²) in [6.45, 7) is 4.25. The number of hydrogen-bond donors (Lipinski definition) is 2. The lowest BCUT2D eigenvalue weighted by atomic mass is 9.98. The van der Waals surface area contributed by atoms with Crippen LogP contribution >= 0.6 is 0 Å². The van der Waals surface area contributed by atoms with Crippen LogP contribution in [0.15, 0.2) is 30.3 Å². The van der Waals surface area contributed by atoms with Gasteiger partial charge >= 0.3 is 6.03 Å². The van der Waals surface area contributed by atoms with Crippen LogP contribution in [0.4, 0.5) is 4.79 Å². The molecule has 0 aromatic heterocycles. The summed E-state index contributed by atoms with van der Waals surface area (Å²) in [5, 5.41) is 5.82. The molecule has 1 heterocycles. The lowest BCUT2D eigenvalue weighted by Crippen LogP contribution is -2.42. The highest BCUT2D eigenvalue weighted by Gasteiger charge is 2.17. The van der Waals surface area contributed by atoms with Gasteiger partial charge in [-0.2, -0.15) is 0 Å². The van der Waals surface area contributed by atoms with E-state index >= 15 is 0 Å². The third kappa shape index (κ3) is 4.56. The minimum Gasteiger partial charge on any atom is -0.379 e. The maximum Gasteiger partial charge on any atom is 0.315 e. The summed E-state index contributed by atoms with van der Waals surface area (Å²) in [5.41, 5.74) is 1.31. The maximum absolute atomic E-state index is 11.6. The van der Waals surface area contributed by atoms with Crippen molar-refractivity contribution in [3.63, 3.8) is 0 Å². The van der Waals surface area contributed by atoms with Gasteiger partial charge in [0.1, 0.15) is 0 Å². The molecule has 4 nitrogen and oxygen atoms in total. The highest BCUT2D eigenvalue weighted by atomic mass is 16.5. The Morgan fingerprint density at radius 1 is 1.42 bits per heavy atom. The summed E-state index contributed by atoms with van der Waals surface area (Å²) in [4.78, 5) is 11.6. The van der Waals surface area contributed by atoms with Gasteiger partial charge in [0, 0.05) is 13.2 Å². The normalized spacial score (nSPS) is 19.9. The second-order valence-corrected chi connectivity index (χ2v) is 5.06. The zero-order valence-electron chi connectivity index (χ0n) is 11.4. The Morgan fingerprint density at radius 2 is 2.21 bits per heavy atom. The van der Waals surface area contributed by atoms with E-state index in [-0.39, 0.29) is 12.1 Å². The van der Waals surface area contributed by atoms with Crippen LogP contribution in [0.1, 0.15) is 31.2 Å². The molecule has 0 spiro atoms. The van der Waals surface area contributed by atoms with Crippen molar-refractivity contribution in [1.29, 1.82) is 0 Å². The van der Waals surface area contributed by atoms with E-state index in [4.69, 9.17) is 4.74 Å². The van der Waals surface area contributed by atoms with E-state index < -0.39 is 0 Å². The molecule has 1 aromatic carbocycles. The zero-order valence-corrected chi connectivity index (χ0v) is 11.4. The van der Waals surface area contributed by atoms with Crippen LogP contribution < -0.4 is 10.6 Å². The molecule has 0 saturated carbocycles. The van der Waals surface area contributed by atoms with Crippen LogP contribution in [0.3, 0.4) is 0 Å². The lowest BCUT2D eigenvalue weighted by molar-refractivity contribution is 0.188. The molecule has 0 radical (unpaired) electrons. The van der Waals surface area contributed by atoms with Gasteiger partial charge in [0.15, 0.2) is 0 Å². The van der Waals surface area contributed by atoms with Gasteiger partial charge in [-0.05, 0) is 24.3 Å². The first kappa shape index (κ1) is 13.9. The Balaban J connectivity index is 1.64. The summed E-state index contributed by atoms with van der Waals surface area (Å²) in [6.07, 6.45) is 1.85. The summed E-state index contributed by atoms with van der Waals surface area (Å²) in [7, 11) is 0. The molecule has 0 aliphatic carbocycles. The molecule has 1 saturated heterocycles. The quantitative estimate of drug-likeness (QED) is 0.855. The molecular formula is C15H22N2O2. The Morgan fingerprint density at radius 3 is 2.89 bits per heavy atom. The van der Waals surface area contributed by atoms with Crippen LogP contribution in [-0.2, 0) is 4.74 Å². The van der Waals surface area contributed by atoms with Crippen LogP contribution in [0.25, 0.3) is 0 Å². The fourth-order valence-corrected chi connectivity index (χ4v) is 2.24. The van der Waals surface area contributed by atoms with Crippen molar-refractivity contribution in [2.75, 3.05) is 19.8 Å². The zero-order chi connectivity index (χ0) is 13.5. The number of urea groups is 1. The molecule has 0 bridgehead atoms. The van der Waals surface area contributed by atoms with E-state index in [1.54, 1.807) is 0 Å². The van der Waals surface area contributed by atoms with Crippen molar-refractivity contribution in [3.05, 3.63) is 35.9 Å². The minimum atomic E-state index is -0.0873. The van der Waals surface area contributed by atoms with Crippen LogP contribution in [-0.4, -0.2) is 31.8 Å². The fraction of sp³-hybridized carbons (Fsp3) is 0.533. The van der Waals surface area contributed by atoms with Crippen molar-refractivity contribution < 1.29 is 9.53 Å². The summed E-state index contributed by atoms with van der Waals surface area (Å²) < 4.78 is 5.22. The number of amides is 2. The standard InChI is InChI=1S/C15H22N2O2/c1-12(13-5-3-2-4-6-13)7-9-16-15(18)17-14-8-10-19-11-14/h2-6,12,14H,7-11H2,1H3,(H2,16,17,18). The number of rotatable bonds is 5. The second-order valence-electron chi connectivity index (χ2n) is 5.06. The van der Waals surface area contributed by atoms with Crippen molar-refractivity contribution >= 4 is 6.03 Å². The summed E-state index contributed by atoms with van der Waals surface area (Å²) in [6, 6.07) is 10.5. The molecule has 2 rings (SSSR count). The summed E-state index contributed by atoms with van der Waals surface area (Å²) in [5.74, 6) is 0.455. The van der Waals surface area contributed by atoms with Crippen molar-refractivity contribution in [1.82, 2.24) is 10.6 Å². The van der Waals surface area contributed by atoms with E-state index in [1.807, 2.05) is 18.2 Å². The predicted octanol–water partition coefficient (Wildman–Crippen LogP) is 2.27. The number of benzene rings is 1. The third-order valence-electron chi connectivity index (χ3n) is 3.50. The van der Waals surface area contributed by atoms with E-state index in [0.717, 1.165) is 19.4 Å². The maximum atomic E-state index is 11.6. The minimum absolute atomic E-state index is 0.0873. The monoisotopic (exact) mass is 262 g/mol. The van der Waals surface area contributed by atoms with Crippen LogP contribution in [0.2, 0.25) is 0 Å². The average molecular weight is 262 g/mol. The topological polar surface area (TPSA) is 50.4 Å². The molecule has 1 aromatic rings. The SMILES string of the molecule is CC(CCNC(=O)NC1CCOC1)c1ccccc1. The van der Waals surface area contributed by atoms with E-state index in [0.29, 0.717) is 19.1 Å². The van der Waals surface area contributed by atoms with Crippen molar-refractivity contribution in [3.8, 4) is 0 Å². The molecule has 4 heteroatoms. The first-order chi connectivity index (χ1) is 9.25. The van der Waals surface area contributed by atoms with E-state index in [1.165, 1.54) is 5.56 Å². The van der Waals surface area contributed by atoms with Gasteiger partial charge in [-0.3, -0.25) is 0 Å². The molecule has 1 fully saturated rings. The smallest absolute Gasteiger partial charge is 0.315 e. The molecule has 1 aliphatic heterocycles. The number of carbonyl (C=O) groups is 1. The van der Waals surface area contributed by atoms with Gasteiger partial charge < -0.3 is 15.4 Å². The average Bonchev–Trinajstić information content (AvgIpc) is 2.92. The van der Waals surface area contributed by atoms with E-state index in [2.05, 4.69) is 29.7 Å². The number of hydrogen-bond acceptors (Lipinski definition) is 2. The van der Waals surface area contributed by atoms with Gasteiger partial charge in [0.05, 0.1) is 12.6 Å². The molecule has 19 heavy (non-hydrogen) atoms. The van der Waals surface area contributed by atoms with Gasteiger partial charge in [-0.15, -0.1) is 0 Å². The molecule has 2 amide bonds. The van der Waals surface area contributed by atoms with Crippen molar-refractivity contribution in [2.24, 2.45) is 0 Å². The Bertz CT molecular complexity index is 388. The molecule has 2 N–H and O–H groups in total. The molecule has 2 atom stereocenters. The number of carbonyl (C=O) groups excluding carboxylic acids is 1. The molecule has 104 valence electrons. The van der Waals surface area contributed by atoms with Gasteiger partial charge in [0.2, 0.25) is 0 Å². The van der Waals surface area contributed by atoms with Gasteiger partial charge in [0.25, 0.3) is 0 Å². The van der Waals surface area contributed by atoms with Gasteiger partial charge in [-0.1, -0.05) is 37.3 Å². The Hall–Kier alpha value is -1.55. The Labute approximate surface area is 114 Å². The number of ether oxygens (including phenoxy) is 1. The summed E-state index contributed by atoms with van der Waals surface area (Å²) >= 11 is 0. The highest BCUT2D eigenvalue weighted by Crippen LogP contribution is 2.17. The lowest BCUT2D eigenvalue weighted by Gasteiger charge is -2.14. The third-order valence-corrected chi connectivity index (χ3v) is 3.50. The first-order valence-electron chi connectivity index (χ1n) is 6.93. The molecule has 1 aliphatic rings. The first-order valence-corrected chi connectivity index (χ1v) is 6.93. The predicted molar refractivity (Wildman–Crippen MR) is 75.2 cm³/mol. The fourth-order valence-electron chi connectivity index (χ4n) is 2.24. The van der Waals surface area contributed by atoms with Crippen LogP contribution in [0, 0.1) is 0 Å². The highest BCUT2D eigenvalue weighted by molar-refractivity contribution is 5.74.